The van der Waals surface area contributed by atoms with Gasteiger partial charge in [-0.3, -0.25) is 4.79 Å². The highest BCUT2D eigenvalue weighted by atomic mass is 35.5. The van der Waals surface area contributed by atoms with Crippen LogP contribution in [0.3, 0.4) is 0 Å². The number of anilines is 2. The summed E-state index contributed by atoms with van der Waals surface area (Å²) in [5.41, 5.74) is 1.51. The van der Waals surface area contributed by atoms with Crippen molar-refractivity contribution in [3.8, 4) is 0 Å². The molecule has 1 aliphatic heterocycles. The topological polar surface area (TPSA) is 55.9 Å². The normalized spacial score (nSPS) is 15.1. The Balaban J connectivity index is 2.00. The number of carbonyl (C=O) groups excluding carboxylic acids is 2. The first-order chi connectivity index (χ1) is 11.3. The molecule has 0 saturated carbocycles. The van der Waals surface area contributed by atoms with Crippen molar-refractivity contribution in [2.75, 3.05) is 51.5 Å². The molecule has 7 heteroatoms. The molecule has 0 radical (unpaired) electrons. The van der Waals surface area contributed by atoms with Crippen molar-refractivity contribution in [2.24, 2.45) is 5.92 Å². The molecular formula is C17H25ClN4O2. The van der Waals surface area contributed by atoms with Crippen LogP contribution >= 0.6 is 11.6 Å². The van der Waals surface area contributed by atoms with E-state index in [0.29, 0.717) is 36.6 Å². The fourth-order valence-corrected chi connectivity index (χ4v) is 3.26. The maximum atomic E-state index is 12.6. The summed E-state index contributed by atoms with van der Waals surface area (Å²) in [6.07, 6.45) is 1.34. The fraction of sp³-hybridized carbons (Fsp3) is 0.529. The fourth-order valence-electron chi connectivity index (χ4n) is 2.92. The molecule has 6 nitrogen and oxygen atoms in total. The van der Waals surface area contributed by atoms with Gasteiger partial charge in [-0.1, -0.05) is 17.7 Å². The largest absolute Gasteiger partial charge is 0.375 e. The summed E-state index contributed by atoms with van der Waals surface area (Å²) < 4.78 is 0. The Labute approximate surface area is 148 Å². The van der Waals surface area contributed by atoms with Gasteiger partial charge in [-0.15, -0.1) is 0 Å². The Bertz CT molecular complexity index is 611. The van der Waals surface area contributed by atoms with Crippen molar-refractivity contribution in [3.05, 3.63) is 23.2 Å². The molecule has 1 aromatic carbocycles. The minimum Gasteiger partial charge on any atom is -0.375 e. The van der Waals surface area contributed by atoms with Gasteiger partial charge >= 0.3 is 6.03 Å². The van der Waals surface area contributed by atoms with Crippen molar-refractivity contribution < 1.29 is 9.59 Å². The average molecular weight is 353 g/mol. The van der Waals surface area contributed by atoms with Crippen LogP contribution in [0.4, 0.5) is 16.2 Å². The third-order valence-electron chi connectivity index (χ3n) is 4.21. The molecule has 1 aliphatic rings. The summed E-state index contributed by atoms with van der Waals surface area (Å²) in [5.74, 6) is -0.109. The van der Waals surface area contributed by atoms with Gasteiger partial charge in [0, 0.05) is 47.2 Å². The van der Waals surface area contributed by atoms with Crippen LogP contribution in [0, 0.1) is 5.92 Å². The highest BCUT2D eigenvalue weighted by molar-refractivity contribution is 6.34. The van der Waals surface area contributed by atoms with Gasteiger partial charge in [-0.25, -0.2) is 4.79 Å². The average Bonchev–Trinajstić information content (AvgIpc) is 2.53. The first-order valence-electron chi connectivity index (χ1n) is 8.04. The van der Waals surface area contributed by atoms with Gasteiger partial charge < -0.3 is 20.0 Å². The van der Waals surface area contributed by atoms with Gasteiger partial charge in [-0.2, -0.15) is 0 Å². The van der Waals surface area contributed by atoms with Crippen LogP contribution in [-0.2, 0) is 4.79 Å². The molecule has 1 fully saturated rings. The number of benzene rings is 1. The second kappa shape index (κ2) is 7.75. The number of hydrogen-bond acceptors (Lipinski definition) is 3. The highest BCUT2D eigenvalue weighted by Gasteiger charge is 2.28. The zero-order valence-electron chi connectivity index (χ0n) is 14.7. The number of carbonyl (C=O) groups is 2. The van der Waals surface area contributed by atoms with E-state index in [2.05, 4.69) is 5.32 Å². The third-order valence-corrected chi connectivity index (χ3v) is 4.52. The van der Waals surface area contributed by atoms with E-state index in [9.17, 15) is 9.59 Å². The van der Waals surface area contributed by atoms with Gasteiger partial charge in [0.1, 0.15) is 0 Å². The number of likely N-dealkylation sites (tertiary alicyclic amines) is 1. The molecule has 1 N–H and O–H groups in total. The van der Waals surface area contributed by atoms with E-state index >= 15 is 0 Å². The van der Waals surface area contributed by atoms with E-state index in [1.807, 2.05) is 31.1 Å². The van der Waals surface area contributed by atoms with E-state index in [4.69, 9.17) is 11.6 Å². The Kier molecular flexibility index (Phi) is 5.94. The minimum atomic E-state index is -0.0924. The lowest BCUT2D eigenvalue weighted by molar-refractivity contribution is -0.121. The molecule has 3 amide bonds. The van der Waals surface area contributed by atoms with E-state index in [1.165, 1.54) is 0 Å². The SMILES string of the molecule is CN(C)C(=O)N1CCC(C(=O)Nc2cccc(Cl)c2N(C)C)CC1. The Hall–Kier alpha value is -1.95. The highest BCUT2D eigenvalue weighted by Crippen LogP contribution is 2.33. The predicted molar refractivity (Wildman–Crippen MR) is 97.8 cm³/mol. The van der Waals surface area contributed by atoms with Crippen molar-refractivity contribution in [1.29, 1.82) is 0 Å². The lowest BCUT2D eigenvalue weighted by atomic mass is 9.96. The van der Waals surface area contributed by atoms with Gasteiger partial charge in [0.05, 0.1) is 16.4 Å². The molecule has 1 heterocycles. The van der Waals surface area contributed by atoms with Crippen molar-refractivity contribution >= 4 is 34.9 Å². The van der Waals surface area contributed by atoms with Crippen LogP contribution in [0.15, 0.2) is 18.2 Å². The molecule has 0 aliphatic carbocycles. The molecule has 1 saturated heterocycles. The first-order valence-corrected chi connectivity index (χ1v) is 8.42. The van der Waals surface area contributed by atoms with Crippen LogP contribution in [0.5, 0.6) is 0 Å². The summed E-state index contributed by atoms with van der Waals surface area (Å²) in [6, 6.07) is 5.48. The predicted octanol–water partition coefficient (Wildman–Crippen LogP) is 2.74. The smallest absolute Gasteiger partial charge is 0.319 e. The first kappa shape index (κ1) is 18.4. The van der Waals surface area contributed by atoms with Crippen LogP contribution in [-0.4, -0.2) is 63.0 Å². The molecule has 0 unspecified atom stereocenters. The number of piperidine rings is 1. The molecule has 0 aromatic heterocycles. The second-order valence-corrected chi connectivity index (χ2v) is 6.87. The quantitative estimate of drug-likeness (QED) is 0.910. The summed E-state index contributed by atoms with van der Waals surface area (Å²) >= 11 is 6.24. The summed E-state index contributed by atoms with van der Waals surface area (Å²) in [7, 11) is 7.26. The van der Waals surface area contributed by atoms with Gasteiger partial charge in [0.2, 0.25) is 5.91 Å². The van der Waals surface area contributed by atoms with Gasteiger partial charge in [0.25, 0.3) is 0 Å². The van der Waals surface area contributed by atoms with Crippen molar-refractivity contribution in [3.63, 3.8) is 0 Å². The minimum absolute atomic E-state index is 0.00130. The van der Waals surface area contributed by atoms with Gasteiger partial charge in [0.15, 0.2) is 0 Å². The Morgan fingerprint density at radius 3 is 2.33 bits per heavy atom. The molecule has 0 spiro atoms. The number of urea groups is 1. The zero-order valence-corrected chi connectivity index (χ0v) is 15.4. The number of rotatable bonds is 3. The molecule has 2 rings (SSSR count). The van der Waals surface area contributed by atoms with E-state index < -0.39 is 0 Å². The number of nitrogens with zero attached hydrogens (tertiary/aromatic N) is 3. The third kappa shape index (κ3) is 4.12. The van der Waals surface area contributed by atoms with E-state index in [1.54, 1.807) is 30.0 Å². The number of amides is 3. The van der Waals surface area contributed by atoms with Crippen LogP contribution in [0.2, 0.25) is 5.02 Å². The molecular weight excluding hydrogens is 328 g/mol. The molecule has 132 valence electrons. The number of hydrogen-bond donors (Lipinski definition) is 1. The van der Waals surface area contributed by atoms with Crippen LogP contribution < -0.4 is 10.2 Å². The number of para-hydroxylation sites is 1. The standard InChI is InChI=1S/C17H25ClN4O2/c1-20(2)15-13(18)6-5-7-14(15)19-16(23)12-8-10-22(11-9-12)17(24)21(3)4/h5-7,12H,8-11H2,1-4H3,(H,19,23). The summed E-state index contributed by atoms with van der Waals surface area (Å²) in [4.78, 5) is 29.8. The number of nitrogens with one attached hydrogen (secondary N) is 1. The Morgan fingerprint density at radius 1 is 1.17 bits per heavy atom. The van der Waals surface area contributed by atoms with Crippen molar-refractivity contribution in [1.82, 2.24) is 9.80 Å². The lowest BCUT2D eigenvalue weighted by Crippen LogP contribution is -2.45. The van der Waals surface area contributed by atoms with E-state index in [-0.39, 0.29) is 17.9 Å². The molecule has 0 bridgehead atoms. The van der Waals surface area contributed by atoms with Gasteiger partial charge in [-0.05, 0) is 25.0 Å². The molecule has 1 aromatic rings. The summed E-state index contributed by atoms with van der Waals surface area (Å²) in [5, 5.41) is 3.59. The maximum absolute atomic E-state index is 12.6. The van der Waals surface area contributed by atoms with Crippen molar-refractivity contribution in [2.45, 2.75) is 12.8 Å². The second-order valence-electron chi connectivity index (χ2n) is 6.46. The zero-order chi connectivity index (χ0) is 17.9. The lowest BCUT2D eigenvalue weighted by Gasteiger charge is -2.33. The van der Waals surface area contributed by atoms with E-state index in [0.717, 1.165) is 5.69 Å². The maximum Gasteiger partial charge on any atom is 0.319 e. The van der Waals surface area contributed by atoms with Crippen LogP contribution in [0.25, 0.3) is 0 Å². The molecule has 0 atom stereocenters. The monoisotopic (exact) mass is 352 g/mol. The Morgan fingerprint density at radius 2 is 1.79 bits per heavy atom. The summed E-state index contributed by atoms with van der Waals surface area (Å²) in [6.45, 7) is 1.20. The number of halogens is 1. The molecule has 24 heavy (non-hydrogen) atoms. The van der Waals surface area contributed by atoms with Crippen LogP contribution in [0.1, 0.15) is 12.8 Å².